The van der Waals surface area contributed by atoms with E-state index in [0.717, 1.165) is 37.8 Å². The minimum Gasteiger partial charge on any atom is -0.341 e. The number of carbonyl (C=O) groups is 1. The van der Waals surface area contributed by atoms with Gasteiger partial charge in [-0.1, -0.05) is 50.2 Å². The maximum absolute atomic E-state index is 13.4. The number of hydrogen-bond acceptors (Lipinski definition) is 4. The predicted octanol–water partition coefficient (Wildman–Crippen LogP) is 4.11. The van der Waals surface area contributed by atoms with E-state index in [1.165, 1.54) is 5.56 Å². The van der Waals surface area contributed by atoms with Crippen molar-refractivity contribution in [3.8, 4) is 0 Å². The molecule has 1 aliphatic heterocycles. The second-order valence-corrected chi connectivity index (χ2v) is 9.18. The second kappa shape index (κ2) is 6.47. The molecule has 2 aliphatic rings. The summed E-state index contributed by atoms with van der Waals surface area (Å²) in [5.41, 5.74) is 2.28. The lowest BCUT2D eigenvalue weighted by atomic mass is 9.84. The van der Waals surface area contributed by atoms with Crippen LogP contribution in [0.25, 0.3) is 0 Å². The van der Waals surface area contributed by atoms with Crippen molar-refractivity contribution in [3.63, 3.8) is 0 Å². The zero-order valence-corrected chi connectivity index (χ0v) is 16.8. The second-order valence-electron chi connectivity index (χ2n) is 9.18. The lowest BCUT2D eigenvalue weighted by Crippen LogP contribution is -2.44. The van der Waals surface area contributed by atoms with Gasteiger partial charge in [-0.05, 0) is 49.1 Å². The third kappa shape index (κ3) is 3.40. The number of amides is 1. The average molecular weight is 367 g/mol. The largest absolute Gasteiger partial charge is 0.341 e. The first-order valence-electron chi connectivity index (χ1n) is 10.0. The molecule has 5 heteroatoms. The number of aryl methyl sites for hydroxylation is 1. The molecule has 1 amide bonds. The lowest BCUT2D eigenvalue weighted by molar-refractivity contribution is -0.135. The molecule has 2 fully saturated rings. The molecule has 2 heterocycles. The van der Waals surface area contributed by atoms with Gasteiger partial charge in [0.25, 0.3) is 0 Å². The highest BCUT2D eigenvalue weighted by atomic mass is 16.5. The van der Waals surface area contributed by atoms with Gasteiger partial charge in [-0.3, -0.25) is 4.79 Å². The molecule has 1 aliphatic carbocycles. The van der Waals surface area contributed by atoms with Crippen molar-refractivity contribution in [2.24, 2.45) is 0 Å². The van der Waals surface area contributed by atoms with Crippen molar-refractivity contribution in [2.45, 2.75) is 70.1 Å². The van der Waals surface area contributed by atoms with Crippen LogP contribution in [0.15, 0.2) is 28.8 Å². The maximum Gasteiger partial charge on any atom is 0.233 e. The Hall–Kier alpha value is -2.17. The van der Waals surface area contributed by atoms with Crippen LogP contribution in [0.2, 0.25) is 0 Å². The van der Waals surface area contributed by atoms with Crippen LogP contribution in [0.3, 0.4) is 0 Å². The minimum absolute atomic E-state index is 0.127. The molecule has 5 nitrogen and oxygen atoms in total. The Kier molecular flexibility index (Phi) is 4.36. The van der Waals surface area contributed by atoms with E-state index in [1.807, 2.05) is 11.8 Å². The van der Waals surface area contributed by atoms with Gasteiger partial charge in [-0.15, -0.1) is 0 Å². The molecule has 144 valence electrons. The molecule has 1 aromatic heterocycles. The zero-order valence-electron chi connectivity index (χ0n) is 16.8. The minimum atomic E-state index is -0.316. The SMILES string of the molecule is Cc1noc([C@@H]2CCCN(C(=O)C3(c4ccc(C(C)(C)C)cc4)CC3)C2)n1. The number of likely N-dealkylation sites (tertiary alicyclic amines) is 1. The number of hydrogen-bond donors (Lipinski definition) is 0. The highest BCUT2D eigenvalue weighted by Gasteiger charge is 2.53. The molecule has 0 N–H and O–H groups in total. The van der Waals surface area contributed by atoms with E-state index < -0.39 is 0 Å². The smallest absolute Gasteiger partial charge is 0.233 e. The van der Waals surface area contributed by atoms with Crippen molar-refractivity contribution < 1.29 is 9.32 Å². The highest BCUT2D eigenvalue weighted by molar-refractivity contribution is 5.91. The summed E-state index contributed by atoms with van der Waals surface area (Å²) in [5.74, 6) is 1.75. The Bertz CT molecular complexity index is 828. The van der Waals surface area contributed by atoms with Crippen molar-refractivity contribution >= 4 is 5.91 Å². The summed E-state index contributed by atoms with van der Waals surface area (Å²) in [5, 5.41) is 3.91. The van der Waals surface area contributed by atoms with Crippen LogP contribution in [-0.4, -0.2) is 34.0 Å². The van der Waals surface area contributed by atoms with Gasteiger partial charge in [-0.25, -0.2) is 0 Å². The molecule has 0 unspecified atom stereocenters. The Morgan fingerprint density at radius 2 is 1.93 bits per heavy atom. The molecule has 1 aromatic carbocycles. The van der Waals surface area contributed by atoms with Crippen LogP contribution in [0.4, 0.5) is 0 Å². The van der Waals surface area contributed by atoms with Crippen LogP contribution >= 0.6 is 0 Å². The molecule has 4 rings (SSSR count). The average Bonchev–Trinajstić information content (AvgIpc) is 3.35. The van der Waals surface area contributed by atoms with Crippen LogP contribution in [0, 0.1) is 6.92 Å². The summed E-state index contributed by atoms with van der Waals surface area (Å²) in [6.45, 7) is 9.99. The molecule has 2 aromatic rings. The van der Waals surface area contributed by atoms with E-state index in [0.29, 0.717) is 18.3 Å². The van der Waals surface area contributed by atoms with Gasteiger partial charge < -0.3 is 9.42 Å². The fourth-order valence-corrected chi connectivity index (χ4v) is 4.19. The highest BCUT2D eigenvalue weighted by Crippen LogP contribution is 2.50. The van der Waals surface area contributed by atoms with E-state index in [1.54, 1.807) is 0 Å². The molecule has 27 heavy (non-hydrogen) atoms. The van der Waals surface area contributed by atoms with E-state index >= 15 is 0 Å². The number of piperidine rings is 1. The van der Waals surface area contributed by atoms with E-state index in [-0.39, 0.29) is 22.7 Å². The molecule has 1 saturated heterocycles. The molecule has 0 spiro atoms. The first-order valence-corrected chi connectivity index (χ1v) is 10.0. The Labute approximate surface area is 161 Å². The topological polar surface area (TPSA) is 59.2 Å². The van der Waals surface area contributed by atoms with E-state index in [9.17, 15) is 4.79 Å². The summed E-state index contributed by atoms with van der Waals surface area (Å²) >= 11 is 0. The monoisotopic (exact) mass is 367 g/mol. The van der Waals surface area contributed by atoms with Gasteiger partial charge in [-0.2, -0.15) is 4.98 Å². The third-order valence-electron chi connectivity index (χ3n) is 6.06. The standard InChI is InChI=1S/C22H29N3O2/c1-15-23-19(27-24-15)16-6-5-13-25(14-16)20(26)22(11-12-22)18-9-7-17(8-10-18)21(2,3)4/h7-10,16H,5-6,11-14H2,1-4H3/t16-/m1/s1. The first kappa shape index (κ1) is 18.2. The van der Waals surface area contributed by atoms with Crippen molar-refractivity contribution in [2.75, 3.05) is 13.1 Å². The van der Waals surface area contributed by atoms with Gasteiger partial charge in [0.05, 0.1) is 11.3 Å². The van der Waals surface area contributed by atoms with Gasteiger partial charge in [0, 0.05) is 13.1 Å². The lowest BCUT2D eigenvalue weighted by Gasteiger charge is -2.34. The summed E-state index contributed by atoms with van der Waals surface area (Å²) in [4.78, 5) is 19.8. The van der Waals surface area contributed by atoms with Crippen molar-refractivity contribution in [3.05, 3.63) is 47.1 Å². The van der Waals surface area contributed by atoms with E-state index in [4.69, 9.17) is 4.52 Å². The van der Waals surface area contributed by atoms with Crippen LogP contribution in [0.5, 0.6) is 0 Å². The quantitative estimate of drug-likeness (QED) is 0.819. The maximum atomic E-state index is 13.4. The Balaban J connectivity index is 1.51. The van der Waals surface area contributed by atoms with Crippen LogP contribution < -0.4 is 0 Å². The summed E-state index contributed by atoms with van der Waals surface area (Å²) in [7, 11) is 0. The molecule has 0 bridgehead atoms. The number of rotatable bonds is 3. The van der Waals surface area contributed by atoms with Gasteiger partial charge in [0.15, 0.2) is 5.82 Å². The Morgan fingerprint density at radius 3 is 2.48 bits per heavy atom. The van der Waals surface area contributed by atoms with Crippen LogP contribution in [-0.2, 0) is 15.6 Å². The summed E-state index contributed by atoms with van der Waals surface area (Å²) in [6, 6.07) is 8.69. The normalized spacial score (nSPS) is 21.9. The molecule has 0 radical (unpaired) electrons. The zero-order chi connectivity index (χ0) is 19.2. The molecular weight excluding hydrogens is 338 g/mol. The number of carbonyl (C=O) groups excluding carboxylic acids is 1. The number of aromatic nitrogens is 2. The predicted molar refractivity (Wildman–Crippen MR) is 104 cm³/mol. The Morgan fingerprint density at radius 1 is 1.22 bits per heavy atom. The summed E-state index contributed by atoms with van der Waals surface area (Å²) in [6.07, 6.45) is 3.87. The fourth-order valence-electron chi connectivity index (χ4n) is 4.19. The first-order chi connectivity index (χ1) is 12.8. The van der Waals surface area contributed by atoms with Gasteiger partial charge in [0.1, 0.15) is 0 Å². The molecular formula is C22H29N3O2. The molecule has 1 saturated carbocycles. The van der Waals surface area contributed by atoms with Gasteiger partial charge in [0.2, 0.25) is 11.8 Å². The fraction of sp³-hybridized carbons (Fsp3) is 0.591. The van der Waals surface area contributed by atoms with E-state index in [2.05, 4.69) is 55.2 Å². The third-order valence-corrected chi connectivity index (χ3v) is 6.06. The molecule has 1 atom stereocenters. The van der Waals surface area contributed by atoms with Crippen molar-refractivity contribution in [1.29, 1.82) is 0 Å². The van der Waals surface area contributed by atoms with Crippen LogP contribution in [0.1, 0.15) is 75.2 Å². The number of benzene rings is 1. The number of nitrogens with zero attached hydrogens (tertiary/aromatic N) is 3. The van der Waals surface area contributed by atoms with Gasteiger partial charge >= 0.3 is 0 Å². The summed E-state index contributed by atoms with van der Waals surface area (Å²) < 4.78 is 5.36. The van der Waals surface area contributed by atoms with Crippen molar-refractivity contribution in [1.82, 2.24) is 15.0 Å².